The number of carbonyl (C=O) groups excluding carboxylic acids is 2. The van der Waals surface area contributed by atoms with Crippen molar-refractivity contribution in [1.29, 1.82) is 0 Å². The molecule has 0 atom stereocenters. The molecule has 1 N–H and O–H groups in total. The van der Waals surface area contributed by atoms with Gasteiger partial charge in [-0.15, -0.1) is 0 Å². The van der Waals surface area contributed by atoms with Crippen LogP contribution in [0.25, 0.3) is 0 Å². The Kier molecular flexibility index (Phi) is 7.27. The minimum atomic E-state index is 0.0659. The lowest BCUT2D eigenvalue weighted by Crippen LogP contribution is -2.47. The molecule has 0 radical (unpaired) electrons. The second kappa shape index (κ2) is 9.88. The van der Waals surface area contributed by atoms with Gasteiger partial charge in [-0.05, 0) is 44.3 Å². The largest absolute Gasteiger partial charge is 0.352 e. The third kappa shape index (κ3) is 5.80. The van der Waals surface area contributed by atoms with E-state index in [0.29, 0.717) is 19.1 Å². The summed E-state index contributed by atoms with van der Waals surface area (Å²) in [5.41, 5.74) is 1.12. The van der Waals surface area contributed by atoms with E-state index in [2.05, 4.69) is 10.2 Å². The van der Waals surface area contributed by atoms with Crippen LogP contribution < -0.4 is 5.32 Å². The molecular formula is C22H33N3O2. The Labute approximate surface area is 163 Å². The Morgan fingerprint density at radius 2 is 1.70 bits per heavy atom. The second-order valence-electron chi connectivity index (χ2n) is 8.05. The summed E-state index contributed by atoms with van der Waals surface area (Å²) in [6, 6.07) is 10.4. The number of nitrogens with one attached hydrogen (secondary N) is 1. The molecule has 1 aliphatic heterocycles. The summed E-state index contributed by atoms with van der Waals surface area (Å²) >= 11 is 0. The van der Waals surface area contributed by atoms with Gasteiger partial charge in [-0.3, -0.25) is 14.5 Å². The fourth-order valence-electron chi connectivity index (χ4n) is 4.26. The Morgan fingerprint density at radius 3 is 2.37 bits per heavy atom. The summed E-state index contributed by atoms with van der Waals surface area (Å²) in [6.45, 7) is 2.73. The number of hydrogen-bond acceptors (Lipinski definition) is 3. The minimum absolute atomic E-state index is 0.0659. The molecule has 1 saturated carbocycles. The molecule has 0 bridgehead atoms. The van der Waals surface area contributed by atoms with Crippen LogP contribution in [0.5, 0.6) is 0 Å². The molecule has 1 aromatic carbocycles. The van der Waals surface area contributed by atoms with Crippen molar-refractivity contribution in [1.82, 2.24) is 15.1 Å². The van der Waals surface area contributed by atoms with E-state index in [-0.39, 0.29) is 17.7 Å². The molecule has 1 aromatic rings. The van der Waals surface area contributed by atoms with Gasteiger partial charge in [0.15, 0.2) is 0 Å². The molecule has 0 spiro atoms. The van der Waals surface area contributed by atoms with Crippen LogP contribution in [0.4, 0.5) is 0 Å². The van der Waals surface area contributed by atoms with Gasteiger partial charge < -0.3 is 10.2 Å². The highest BCUT2D eigenvalue weighted by Gasteiger charge is 2.28. The maximum Gasteiger partial charge on any atom is 0.236 e. The molecule has 5 nitrogen and oxygen atoms in total. The predicted octanol–water partition coefficient (Wildman–Crippen LogP) is 2.81. The molecule has 2 aliphatic rings. The summed E-state index contributed by atoms with van der Waals surface area (Å²) in [5, 5.41) is 3.05. The van der Waals surface area contributed by atoms with E-state index in [4.69, 9.17) is 0 Å². The molecule has 3 rings (SSSR count). The fraction of sp³-hybridized carbons (Fsp3) is 0.636. The lowest BCUT2D eigenvalue weighted by molar-refractivity contribution is -0.134. The average Bonchev–Trinajstić information content (AvgIpc) is 2.73. The quantitative estimate of drug-likeness (QED) is 0.837. The second-order valence-corrected chi connectivity index (χ2v) is 8.05. The lowest BCUT2D eigenvalue weighted by atomic mass is 9.94. The van der Waals surface area contributed by atoms with Crippen LogP contribution in [0.3, 0.4) is 0 Å². The maximum absolute atomic E-state index is 12.6. The maximum atomic E-state index is 12.6. The topological polar surface area (TPSA) is 52.7 Å². The van der Waals surface area contributed by atoms with Gasteiger partial charge in [-0.25, -0.2) is 0 Å². The van der Waals surface area contributed by atoms with E-state index in [1.165, 1.54) is 19.3 Å². The molecule has 148 valence electrons. The molecule has 1 heterocycles. The van der Waals surface area contributed by atoms with Gasteiger partial charge in [-0.2, -0.15) is 0 Å². The summed E-state index contributed by atoms with van der Waals surface area (Å²) in [5.74, 6) is 0.439. The predicted molar refractivity (Wildman–Crippen MR) is 107 cm³/mol. The number of benzene rings is 1. The summed E-state index contributed by atoms with van der Waals surface area (Å²) in [6.07, 6.45) is 7.75. The zero-order valence-electron chi connectivity index (χ0n) is 16.5. The monoisotopic (exact) mass is 371 g/mol. The average molecular weight is 372 g/mol. The first kappa shape index (κ1) is 19.9. The Hall–Kier alpha value is -1.88. The number of amides is 2. The molecule has 5 heteroatoms. The summed E-state index contributed by atoms with van der Waals surface area (Å²) < 4.78 is 0. The van der Waals surface area contributed by atoms with Crippen LogP contribution in [-0.4, -0.2) is 54.3 Å². The molecular weight excluding hydrogens is 338 g/mol. The number of nitrogens with zero attached hydrogens (tertiary/aromatic N) is 2. The molecule has 0 aromatic heterocycles. The molecule has 27 heavy (non-hydrogen) atoms. The normalized spacial score (nSPS) is 19.6. The molecule has 1 saturated heterocycles. The number of hydrogen-bond donors (Lipinski definition) is 1. The Balaban J connectivity index is 1.38. The van der Waals surface area contributed by atoms with Crippen LogP contribution in [-0.2, 0) is 16.1 Å². The Morgan fingerprint density at radius 1 is 1.04 bits per heavy atom. The smallest absolute Gasteiger partial charge is 0.236 e. The van der Waals surface area contributed by atoms with Gasteiger partial charge in [0.25, 0.3) is 0 Å². The van der Waals surface area contributed by atoms with E-state index >= 15 is 0 Å². The zero-order valence-corrected chi connectivity index (χ0v) is 16.5. The summed E-state index contributed by atoms with van der Waals surface area (Å²) in [7, 11) is 1.96. The highest BCUT2D eigenvalue weighted by atomic mass is 16.2. The van der Waals surface area contributed by atoms with Crippen LogP contribution in [0.1, 0.15) is 50.5 Å². The standard InChI is InChI=1S/C22H33N3O2/c1-24(20-10-6-3-7-11-20)21(26)17-25-14-12-19(13-15-25)22(27)23-16-18-8-4-2-5-9-18/h2,4-5,8-9,19-20H,3,6-7,10-17H2,1H3,(H,23,27). The van der Waals surface area contributed by atoms with Gasteiger partial charge in [0.05, 0.1) is 6.54 Å². The van der Waals surface area contributed by atoms with Crippen molar-refractivity contribution < 1.29 is 9.59 Å². The Bertz CT molecular complexity index is 605. The molecule has 2 amide bonds. The van der Waals surface area contributed by atoms with Crippen LogP contribution in [0, 0.1) is 5.92 Å². The van der Waals surface area contributed by atoms with Crippen molar-refractivity contribution in [2.45, 2.75) is 57.5 Å². The molecule has 2 fully saturated rings. The van der Waals surface area contributed by atoms with Crippen LogP contribution in [0.15, 0.2) is 30.3 Å². The number of piperidine rings is 1. The van der Waals surface area contributed by atoms with E-state index in [1.807, 2.05) is 42.3 Å². The van der Waals surface area contributed by atoms with Crippen molar-refractivity contribution in [3.63, 3.8) is 0 Å². The number of rotatable bonds is 6. The minimum Gasteiger partial charge on any atom is -0.352 e. The van der Waals surface area contributed by atoms with Crippen molar-refractivity contribution >= 4 is 11.8 Å². The van der Waals surface area contributed by atoms with E-state index < -0.39 is 0 Å². The first-order valence-electron chi connectivity index (χ1n) is 10.4. The van der Waals surface area contributed by atoms with Gasteiger partial charge in [0.1, 0.15) is 0 Å². The third-order valence-corrected chi connectivity index (χ3v) is 6.14. The van der Waals surface area contributed by atoms with Crippen molar-refractivity contribution in [3.8, 4) is 0 Å². The zero-order chi connectivity index (χ0) is 19.1. The van der Waals surface area contributed by atoms with Crippen LogP contribution >= 0.6 is 0 Å². The van der Waals surface area contributed by atoms with Crippen LogP contribution in [0.2, 0.25) is 0 Å². The van der Waals surface area contributed by atoms with Gasteiger partial charge in [-0.1, -0.05) is 49.6 Å². The molecule has 1 aliphatic carbocycles. The third-order valence-electron chi connectivity index (χ3n) is 6.14. The van der Waals surface area contributed by atoms with E-state index in [1.54, 1.807) is 0 Å². The SMILES string of the molecule is CN(C(=O)CN1CCC(C(=O)NCc2ccccc2)CC1)C1CCCCC1. The summed E-state index contributed by atoms with van der Waals surface area (Å²) in [4.78, 5) is 29.2. The molecule has 0 unspecified atom stereocenters. The van der Waals surface area contributed by atoms with Gasteiger partial charge in [0.2, 0.25) is 11.8 Å². The number of likely N-dealkylation sites (N-methyl/N-ethyl adjacent to an activating group) is 1. The van der Waals surface area contributed by atoms with E-state index in [9.17, 15) is 9.59 Å². The number of likely N-dealkylation sites (tertiary alicyclic amines) is 1. The van der Waals surface area contributed by atoms with E-state index in [0.717, 1.165) is 44.3 Å². The number of carbonyl (C=O) groups is 2. The first-order valence-corrected chi connectivity index (χ1v) is 10.4. The van der Waals surface area contributed by atoms with Crippen molar-refractivity contribution in [2.75, 3.05) is 26.7 Å². The fourth-order valence-corrected chi connectivity index (χ4v) is 4.26. The van der Waals surface area contributed by atoms with Crippen molar-refractivity contribution in [2.24, 2.45) is 5.92 Å². The lowest BCUT2D eigenvalue weighted by Gasteiger charge is -2.35. The van der Waals surface area contributed by atoms with Gasteiger partial charge in [0, 0.05) is 25.6 Å². The van der Waals surface area contributed by atoms with Gasteiger partial charge >= 0.3 is 0 Å². The highest BCUT2D eigenvalue weighted by Crippen LogP contribution is 2.22. The van der Waals surface area contributed by atoms with Crippen molar-refractivity contribution in [3.05, 3.63) is 35.9 Å². The highest BCUT2D eigenvalue weighted by molar-refractivity contribution is 5.79. The first-order chi connectivity index (χ1) is 13.1.